The smallest absolute Gasteiger partial charge is 0.254 e. The van der Waals surface area contributed by atoms with Crippen molar-refractivity contribution >= 4 is 15.9 Å². The second-order valence-corrected chi connectivity index (χ2v) is 9.45. The van der Waals surface area contributed by atoms with Gasteiger partial charge in [0, 0.05) is 31.7 Å². The molecule has 1 heterocycles. The van der Waals surface area contributed by atoms with E-state index in [1.807, 2.05) is 31.2 Å². The number of ether oxygens (including phenoxy) is 1. The van der Waals surface area contributed by atoms with Crippen LogP contribution in [0.5, 0.6) is 5.75 Å². The summed E-state index contributed by atoms with van der Waals surface area (Å²) in [5.41, 5.74) is 1.49. The predicted octanol–water partition coefficient (Wildman–Crippen LogP) is 3.92. The van der Waals surface area contributed by atoms with Crippen LogP contribution in [0.25, 0.3) is 0 Å². The third-order valence-electron chi connectivity index (χ3n) is 5.51. The first-order chi connectivity index (χ1) is 14.5. The van der Waals surface area contributed by atoms with Gasteiger partial charge < -0.3 is 9.64 Å². The lowest BCUT2D eigenvalue weighted by Crippen LogP contribution is -2.32. The average Bonchev–Trinajstić information content (AvgIpc) is 3.08. The van der Waals surface area contributed by atoms with Crippen LogP contribution >= 0.6 is 0 Å². The molecule has 1 aliphatic rings. The Morgan fingerprint density at radius 1 is 0.967 bits per heavy atom. The highest BCUT2D eigenvalue weighted by Crippen LogP contribution is 2.21. The van der Waals surface area contributed by atoms with E-state index in [2.05, 4.69) is 0 Å². The Bertz CT molecular complexity index is 932. The van der Waals surface area contributed by atoms with Crippen LogP contribution in [0.3, 0.4) is 0 Å². The molecule has 30 heavy (non-hydrogen) atoms. The summed E-state index contributed by atoms with van der Waals surface area (Å²) in [5, 5.41) is 0. The zero-order chi connectivity index (χ0) is 21.6. The number of nitrogens with zero attached hydrogens (tertiary/aromatic N) is 2. The molecule has 0 radical (unpaired) electrons. The van der Waals surface area contributed by atoms with E-state index in [9.17, 15) is 13.2 Å². The van der Waals surface area contributed by atoms with E-state index in [0.717, 1.165) is 37.0 Å². The van der Waals surface area contributed by atoms with Gasteiger partial charge in [0.05, 0.1) is 12.0 Å². The van der Waals surface area contributed by atoms with Crippen molar-refractivity contribution < 1.29 is 17.9 Å². The molecule has 0 bridgehead atoms. The molecule has 0 N–H and O–H groups in total. The molecule has 1 fully saturated rings. The fraction of sp³-hybridized carbons (Fsp3) is 0.435. The van der Waals surface area contributed by atoms with Crippen LogP contribution in [0.2, 0.25) is 0 Å². The van der Waals surface area contributed by atoms with Gasteiger partial charge in [-0.2, -0.15) is 4.31 Å². The van der Waals surface area contributed by atoms with Crippen LogP contribution in [-0.4, -0.2) is 50.3 Å². The van der Waals surface area contributed by atoms with Crippen LogP contribution in [-0.2, 0) is 16.6 Å². The number of sulfonamides is 1. The molecule has 2 aromatic rings. The largest absolute Gasteiger partial charge is 0.497 e. The highest BCUT2D eigenvalue weighted by atomic mass is 32.2. The van der Waals surface area contributed by atoms with E-state index in [4.69, 9.17) is 4.74 Å². The van der Waals surface area contributed by atoms with E-state index in [1.54, 1.807) is 40.6 Å². The van der Waals surface area contributed by atoms with Crippen molar-refractivity contribution in [2.75, 3.05) is 26.7 Å². The van der Waals surface area contributed by atoms with Gasteiger partial charge in [0.25, 0.3) is 5.91 Å². The first-order valence-electron chi connectivity index (χ1n) is 10.5. The molecule has 1 saturated heterocycles. The fourth-order valence-electron chi connectivity index (χ4n) is 3.66. The number of amides is 1. The Balaban J connectivity index is 1.72. The fourth-order valence-corrected chi connectivity index (χ4v) is 5.18. The zero-order valence-corrected chi connectivity index (χ0v) is 18.5. The minimum atomic E-state index is -3.51. The van der Waals surface area contributed by atoms with Gasteiger partial charge in [-0.3, -0.25) is 4.79 Å². The Labute approximate surface area is 179 Å². The molecule has 1 aliphatic heterocycles. The second-order valence-electron chi connectivity index (χ2n) is 7.51. The molecule has 3 rings (SSSR count). The summed E-state index contributed by atoms with van der Waals surface area (Å²) in [6.07, 6.45) is 3.93. The maximum Gasteiger partial charge on any atom is 0.254 e. The van der Waals surface area contributed by atoms with Gasteiger partial charge in [-0.1, -0.05) is 25.0 Å². The van der Waals surface area contributed by atoms with Gasteiger partial charge in [-0.15, -0.1) is 0 Å². The Hall–Kier alpha value is -2.38. The maximum atomic E-state index is 13.0. The minimum absolute atomic E-state index is 0.118. The standard InChI is InChI=1S/C23H30N2O4S/c1-3-24(18-19-8-12-21(29-2)13-9-19)23(26)20-10-14-22(15-11-20)30(27,28)25-16-6-4-5-7-17-25/h8-15H,3-7,16-18H2,1-2H3. The molecule has 7 heteroatoms. The van der Waals surface area contributed by atoms with Gasteiger partial charge in [0.2, 0.25) is 10.0 Å². The first-order valence-corrected chi connectivity index (χ1v) is 11.9. The molecular formula is C23H30N2O4S. The molecule has 0 aliphatic carbocycles. The number of carbonyl (C=O) groups is 1. The second kappa shape index (κ2) is 10.1. The van der Waals surface area contributed by atoms with E-state index >= 15 is 0 Å². The molecule has 0 saturated carbocycles. The Morgan fingerprint density at radius 2 is 1.57 bits per heavy atom. The number of carbonyl (C=O) groups excluding carboxylic acids is 1. The number of hydrogen-bond acceptors (Lipinski definition) is 4. The van der Waals surface area contributed by atoms with Gasteiger partial charge in [0.15, 0.2) is 0 Å². The third-order valence-corrected chi connectivity index (χ3v) is 7.42. The van der Waals surface area contributed by atoms with E-state index in [0.29, 0.717) is 31.7 Å². The molecular weight excluding hydrogens is 400 g/mol. The maximum absolute atomic E-state index is 13.0. The van der Waals surface area contributed by atoms with Crippen molar-refractivity contribution in [2.24, 2.45) is 0 Å². The van der Waals surface area contributed by atoms with Crippen LogP contribution in [0.1, 0.15) is 48.5 Å². The number of hydrogen-bond donors (Lipinski definition) is 0. The summed E-state index contributed by atoms with van der Waals surface area (Å²) in [7, 11) is -1.89. The van der Waals surface area contributed by atoms with Crippen molar-refractivity contribution in [3.8, 4) is 5.75 Å². The third kappa shape index (κ3) is 5.21. The molecule has 0 spiro atoms. The predicted molar refractivity (Wildman–Crippen MR) is 117 cm³/mol. The summed E-state index contributed by atoms with van der Waals surface area (Å²) < 4.78 is 32.6. The summed E-state index contributed by atoms with van der Waals surface area (Å²) in [6.45, 7) is 4.09. The normalized spacial score (nSPS) is 15.4. The van der Waals surface area contributed by atoms with Crippen molar-refractivity contribution in [1.29, 1.82) is 0 Å². The molecule has 6 nitrogen and oxygen atoms in total. The Kier molecular flexibility index (Phi) is 7.50. The van der Waals surface area contributed by atoms with Crippen LogP contribution in [0.15, 0.2) is 53.4 Å². The van der Waals surface area contributed by atoms with E-state index < -0.39 is 10.0 Å². The van der Waals surface area contributed by atoms with Crippen molar-refractivity contribution in [3.63, 3.8) is 0 Å². The number of methoxy groups -OCH3 is 1. The van der Waals surface area contributed by atoms with E-state index in [1.165, 1.54) is 0 Å². The first kappa shape index (κ1) is 22.3. The quantitative estimate of drug-likeness (QED) is 0.668. The van der Waals surface area contributed by atoms with Crippen molar-refractivity contribution in [3.05, 3.63) is 59.7 Å². The molecule has 0 unspecified atom stereocenters. The van der Waals surface area contributed by atoms with Crippen molar-refractivity contribution in [1.82, 2.24) is 9.21 Å². The highest BCUT2D eigenvalue weighted by Gasteiger charge is 2.25. The minimum Gasteiger partial charge on any atom is -0.497 e. The summed E-state index contributed by atoms with van der Waals surface area (Å²) in [5.74, 6) is 0.654. The summed E-state index contributed by atoms with van der Waals surface area (Å²) in [6, 6.07) is 13.9. The monoisotopic (exact) mass is 430 g/mol. The zero-order valence-electron chi connectivity index (χ0n) is 17.7. The lowest BCUT2D eigenvalue weighted by Gasteiger charge is -2.22. The Morgan fingerprint density at radius 3 is 2.10 bits per heavy atom. The van der Waals surface area contributed by atoms with Crippen molar-refractivity contribution in [2.45, 2.75) is 44.0 Å². The van der Waals surface area contributed by atoms with Gasteiger partial charge in [-0.25, -0.2) is 8.42 Å². The summed E-state index contributed by atoms with van der Waals surface area (Å²) >= 11 is 0. The molecule has 0 atom stereocenters. The SMILES string of the molecule is CCN(Cc1ccc(OC)cc1)C(=O)c1ccc(S(=O)(=O)N2CCCCCC2)cc1. The molecule has 0 aromatic heterocycles. The number of rotatable bonds is 7. The van der Waals surface area contributed by atoms with Crippen LogP contribution in [0.4, 0.5) is 0 Å². The number of benzene rings is 2. The van der Waals surface area contributed by atoms with Crippen LogP contribution < -0.4 is 4.74 Å². The molecule has 162 valence electrons. The lowest BCUT2D eigenvalue weighted by atomic mass is 10.1. The van der Waals surface area contributed by atoms with Gasteiger partial charge in [-0.05, 0) is 61.7 Å². The summed E-state index contributed by atoms with van der Waals surface area (Å²) in [4.78, 5) is 14.9. The lowest BCUT2D eigenvalue weighted by molar-refractivity contribution is 0.0752. The highest BCUT2D eigenvalue weighted by molar-refractivity contribution is 7.89. The molecule has 1 amide bonds. The van der Waals surface area contributed by atoms with E-state index in [-0.39, 0.29) is 10.8 Å². The van der Waals surface area contributed by atoms with Crippen LogP contribution in [0, 0.1) is 0 Å². The topological polar surface area (TPSA) is 66.9 Å². The average molecular weight is 431 g/mol. The van der Waals surface area contributed by atoms with Gasteiger partial charge >= 0.3 is 0 Å². The molecule has 2 aromatic carbocycles. The van der Waals surface area contributed by atoms with Gasteiger partial charge in [0.1, 0.15) is 5.75 Å².